The lowest BCUT2D eigenvalue weighted by atomic mass is 10.2. The molecule has 1 aromatic carbocycles. The van der Waals surface area contributed by atoms with Gasteiger partial charge >= 0.3 is 6.18 Å². The molecule has 3 rings (SSSR count). The van der Waals surface area contributed by atoms with Crippen LogP contribution in [-0.2, 0) is 12.7 Å². The van der Waals surface area contributed by atoms with Crippen molar-refractivity contribution in [3.63, 3.8) is 0 Å². The van der Waals surface area contributed by atoms with Gasteiger partial charge in [-0.25, -0.2) is 9.97 Å². The van der Waals surface area contributed by atoms with E-state index in [2.05, 4.69) is 25.6 Å². The molecule has 0 spiro atoms. The summed E-state index contributed by atoms with van der Waals surface area (Å²) in [5.41, 5.74) is 0.669. The van der Waals surface area contributed by atoms with Crippen LogP contribution in [0.3, 0.4) is 0 Å². The molecule has 0 unspecified atom stereocenters. The van der Waals surface area contributed by atoms with Crippen molar-refractivity contribution < 1.29 is 18.0 Å². The van der Waals surface area contributed by atoms with Gasteiger partial charge in [-0.3, -0.25) is 9.78 Å². The number of amides is 1. The van der Waals surface area contributed by atoms with Crippen LogP contribution in [0.4, 0.5) is 24.8 Å². The molecule has 0 fully saturated rings. The molecule has 0 radical (unpaired) electrons. The van der Waals surface area contributed by atoms with E-state index in [4.69, 9.17) is 0 Å². The van der Waals surface area contributed by atoms with Crippen LogP contribution in [0, 0.1) is 6.92 Å². The summed E-state index contributed by atoms with van der Waals surface area (Å²) in [5, 5.41) is 5.43. The number of nitrogens with one attached hydrogen (secondary N) is 2. The van der Waals surface area contributed by atoms with Crippen LogP contribution in [-0.4, -0.2) is 20.9 Å². The SMILES string of the molecule is Cc1cc(C(=O)Nc2cccc(C(F)(F)F)c2)nc(NCc2cccnc2)n1. The maximum absolute atomic E-state index is 12.8. The molecule has 0 aliphatic heterocycles. The number of nitrogens with zero attached hydrogens (tertiary/aromatic N) is 3. The minimum absolute atomic E-state index is 0.0287. The zero-order valence-corrected chi connectivity index (χ0v) is 14.8. The number of benzene rings is 1. The van der Waals surface area contributed by atoms with Crippen molar-refractivity contribution in [2.75, 3.05) is 10.6 Å². The van der Waals surface area contributed by atoms with Crippen molar-refractivity contribution >= 4 is 17.5 Å². The Kier molecular flexibility index (Phi) is 5.53. The lowest BCUT2D eigenvalue weighted by Gasteiger charge is -2.11. The maximum atomic E-state index is 12.8. The summed E-state index contributed by atoms with van der Waals surface area (Å²) in [7, 11) is 0. The van der Waals surface area contributed by atoms with Gasteiger partial charge in [-0.1, -0.05) is 12.1 Å². The molecule has 1 amide bonds. The molecule has 28 heavy (non-hydrogen) atoms. The van der Waals surface area contributed by atoms with E-state index in [1.165, 1.54) is 18.2 Å². The zero-order chi connectivity index (χ0) is 20.1. The number of alkyl halides is 3. The highest BCUT2D eigenvalue weighted by Crippen LogP contribution is 2.30. The molecule has 2 N–H and O–H groups in total. The van der Waals surface area contributed by atoms with Gasteiger partial charge in [0.2, 0.25) is 5.95 Å². The molecular weight excluding hydrogens is 371 g/mol. The fourth-order valence-electron chi connectivity index (χ4n) is 2.42. The van der Waals surface area contributed by atoms with E-state index in [9.17, 15) is 18.0 Å². The van der Waals surface area contributed by atoms with E-state index in [1.54, 1.807) is 25.4 Å². The second-order valence-corrected chi connectivity index (χ2v) is 5.97. The Balaban J connectivity index is 1.74. The Morgan fingerprint density at radius 2 is 1.93 bits per heavy atom. The number of rotatable bonds is 5. The lowest BCUT2D eigenvalue weighted by Crippen LogP contribution is -2.16. The summed E-state index contributed by atoms with van der Waals surface area (Å²) in [4.78, 5) is 24.8. The third-order valence-corrected chi connectivity index (χ3v) is 3.71. The van der Waals surface area contributed by atoms with Gasteiger partial charge in [-0.15, -0.1) is 0 Å². The average molecular weight is 387 g/mol. The van der Waals surface area contributed by atoms with Gasteiger partial charge in [0.1, 0.15) is 5.69 Å². The molecule has 0 saturated carbocycles. The normalized spacial score (nSPS) is 11.1. The third kappa shape index (κ3) is 5.03. The second-order valence-electron chi connectivity index (χ2n) is 5.97. The van der Waals surface area contributed by atoms with E-state index in [-0.39, 0.29) is 17.3 Å². The molecule has 144 valence electrons. The summed E-state index contributed by atoms with van der Waals surface area (Å²) < 4.78 is 38.4. The van der Waals surface area contributed by atoms with Gasteiger partial charge in [0.15, 0.2) is 0 Å². The van der Waals surface area contributed by atoms with Crippen molar-refractivity contribution in [1.29, 1.82) is 0 Å². The van der Waals surface area contributed by atoms with Gasteiger partial charge < -0.3 is 10.6 Å². The summed E-state index contributed by atoms with van der Waals surface area (Å²) in [5.74, 6) is -0.396. The van der Waals surface area contributed by atoms with Crippen LogP contribution >= 0.6 is 0 Å². The monoisotopic (exact) mass is 387 g/mol. The summed E-state index contributed by atoms with van der Waals surface area (Å²) in [6.45, 7) is 2.10. The Morgan fingerprint density at radius 3 is 2.64 bits per heavy atom. The van der Waals surface area contributed by atoms with E-state index in [0.717, 1.165) is 17.7 Å². The number of aryl methyl sites for hydroxylation is 1. The van der Waals surface area contributed by atoms with Gasteiger partial charge in [0, 0.05) is 30.3 Å². The first-order valence-electron chi connectivity index (χ1n) is 8.28. The number of hydrogen-bond acceptors (Lipinski definition) is 5. The first-order chi connectivity index (χ1) is 13.3. The number of hydrogen-bond donors (Lipinski definition) is 2. The lowest BCUT2D eigenvalue weighted by molar-refractivity contribution is -0.137. The molecule has 3 aromatic rings. The molecular formula is C19H16F3N5O. The Bertz CT molecular complexity index is 977. The van der Waals surface area contributed by atoms with Crippen molar-refractivity contribution in [2.45, 2.75) is 19.6 Å². The number of anilines is 2. The minimum Gasteiger partial charge on any atom is -0.350 e. The number of carbonyl (C=O) groups excluding carboxylic acids is 1. The molecule has 9 heteroatoms. The zero-order valence-electron chi connectivity index (χ0n) is 14.8. The largest absolute Gasteiger partial charge is 0.416 e. The highest BCUT2D eigenvalue weighted by Gasteiger charge is 2.30. The highest BCUT2D eigenvalue weighted by molar-refractivity contribution is 6.03. The predicted octanol–water partition coefficient (Wildman–Crippen LogP) is 4.06. The van der Waals surface area contributed by atoms with Gasteiger partial charge in [-0.2, -0.15) is 13.2 Å². The van der Waals surface area contributed by atoms with Crippen molar-refractivity contribution in [3.05, 3.63) is 77.4 Å². The highest BCUT2D eigenvalue weighted by atomic mass is 19.4. The average Bonchev–Trinajstić information content (AvgIpc) is 2.66. The van der Waals surface area contributed by atoms with Gasteiger partial charge in [0.25, 0.3) is 5.91 Å². The van der Waals surface area contributed by atoms with Crippen LogP contribution in [0.2, 0.25) is 0 Å². The van der Waals surface area contributed by atoms with Crippen molar-refractivity contribution in [1.82, 2.24) is 15.0 Å². The maximum Gasteiger partial charge on any atom is 0.416 e. The van der Waals surface area contributed by atoms with E-state index in [1.807, 2.05) is 6.07 Å². The number of carbonyl (C=O) groups is 1. The minimum atomic E-state index is -4.49. The first-order valence-corrected chi connectivity index (χ1v) is 8.28. The van der Waals surface area contributed by atoms with Crippen molar-refractivity contribution in [2.24, 2.45) is 0 Å². The number of pyridine rings is 1. The Hall–Kier alpha value is -3.49. The van der Waals surface area contributed by atoms with Crippen LogP contribution in [0.5, 0.6) is 0 Å². The third-order valence-electron chi connectivity index (χ3n) is 3.71. The van der Waals surface area contributed by atoms with Crippen LogP contribution in [0.1, 0.15) is 27.3 Å². The number of aromatic nitrogens is 3. The predicted molar refractivity (Wildman–Crippen MR) is 97.7 cm³/mol. The fourth-order valence-corrected chi connectivity index (χ4v) is 2.42. The van der Waals surface area contributed by atoms with Gasteiger partial charge in [0.05, 0.1) is 5.56 Å². The standard InChI is InChI=1S/C19H16F3N5O/c1-12-8-16(27-18(25-12)24-11-13-4-3-7-23-10-13)17(28)26-15-6-2-5-14(9-15)19(20,21)22/h2-10H,11H2,1H3,(H,26,28)(H,24,25,27). The van der Waals surface area contributed by atoms with Gasteiger partial charge in [-0.05, 0) is 42.8 Å². The van der Waals surface area contributed by atoms with Crippen LogP contribution < -0.4 is 10.6 Å². The Morgan fingerprint density at radius 1 is 1.11 bits per heavy atom. The molecule has 2 aromatic heterocycles. The van der Waals surface area contributed by atoms with Crippen molar-refractivity contribution in [3.8, 4) is 0 Å². The summed E-state index contributed by atoms with van der Waals surface area (Å²) in [6, 6.07) is 9.53. The molecule has 6 nitrogen and oxygen atoms in total. The summed E-state index contributed by atoms with van der Waals surface area (Å²) in [6.07, 6.45) is -1.15. The smallest absolute Gasteiger partial charge is 0.350 e. The fraction of sp³-hybridized carbons (Fsp3) is 0.158. The topological polar surface area (TPSA) is 79.8 Å². The molecule has 0 saturated heterocycles. The quantitative estimate of drug-likeness (QED) is 0.690. The number of halogens is 3. The molecule has 2 heterocycles. The van der Waals surface area contributed by atoms with Crippen LogP contribution in [0.15, 0.2) is 54.9 Å². The second kappa shape index (κ2) is 8.03. The van der Waals surface area contributed by atoms with Crippen LogP contribution in [0.25, 0.3) is 0 Å². The first kappa shape index (κ1) is 19.3. The summed E-state index contributed by atoms with van der Waals surface area (Å²) >= 11 is 0. The van der Waals surface area contributed by atoms with E-state index < -0.39 is 17.6 Å². The van der Waals surface area contributed by atoms with E-state index in [0.29, 0.717) is 12.2 Å². The molecule has 0 bridgehead atoms. The molecule has 0 aliphatic carbocycles. The molecule has 0 aliphatic rings. The van der Waals surface area contributed by atoms with E-state index >= 15 is 0 Å². The Labute approximate surface area is 158 Å². The molecule has 0 atom stereocenters.